The molecule has 2 aromatic rings. The Hall–Kier alpha value is -2.23. The van der Waals surface area contributed by atoms with Crippen molar-refractivity contribution in [3.63, 3.8) is 0 Å². The van der Waals surface area contributed by atoms with Gasteiger partial charge >= 0.3 is 6.18 Å². The Balaban J connectivity index is 1.64. The van der Waals surface area contributed by atoms with Gasteiger partial charge in [0.15, 0.2) is 5.15 Å². The molecule has 0 spiro atoms. The van der Waals surface area contributed by atoms with Crippen molar-refractivity contribution in [3.8, 4) is 0 Å². The highest BCUT2D eigenvalue weighted by molar-refractivity contribution is 6.29. The summed E-state index contributed by atoms with van der Waals surface area (Å²) in [6, 6.07) is 0. The van der Waals surface area contributed by atoms with E-state index in [1.165, 1.54) is 12.4 Å². The number of hydrogen-bond acceptors (Lipinski definition) is 5. The lowest BCUT2D eigenvalue weighted by Gasteiger charge is -2.23. The molecule has 1 unspecified atom stereocenters. The molecule has 3 heterocycles. The molecule has 1 aliphatic rings. The summed E-state index contributed by atoms with van der Waals surface area (Å²) in [5, 5.41) is 9.61. The first kappa shape index (κ1) is 16.6. The Morgan fingerprint density at radius 1 is 1.33 bits per heavy atom. The van der Waals surface area contributed by atoms with Gasteiger partial charge in [-0.1, -0.05) is 11.6 Å². The van der Waals surface area contributed by atoms with Crippen LogP contribution in [0.1, 0.15) is 23.8 Å². The van der Waals surface area contributed by atoms with E-state index in [1.807, 2.05) is 0 Å². The van der Waals surface area contributed by atoms with Crippen LogP contribution in [0.25, 0.3) is 0 Å². The van der Waals surface area contributed by atoms with Crippen molar-refractivity contribution in [2.75, 3.05) is 0 Å². The lowest BCUT2D eigenvalue weighted by Crippen LogP contribution is -2.36. The Bertz CT molecular complexity index is 762. The molecule has 0 bridgehead atoms. The number of aromatic nitrogens is 5. The van der Waals surface area contributed by atoms with Gasteiger partial charge in [-0.05, 0) is 6.42 Å². The van der Waals surface area contributed by atoms with Gasteiger partial charge in [-0.25, -0.2) is 4.98 Å². The molecule has 7 nitrogen and oxygen atoms in total. The molecule has 24 heavy (non-hydrogen) atoms. The van der Waals surface area contributed by atoms with Crippen molar-refractivity contribution in [3.05, 3.63) is 34.9 Å². The van der Waals surface area contributed by atoms with E-state index in [-0.39, 0.29) is 42.8 Å². The van der Waals surface area contributed by atoms with Crippen LogP contribution in [-0.2, 0) is 30.5 Å². The zero-order valence-electron chi connectivity index (χ0n) is 12.2. The van der Waals surface area contributed by atoms with E-state index in [9.17, 15) is 18.0 Å². The Kier molecular flexibility index (Phi) is 4.39. The highest BCUT2D eigenvalue weighted by Crippen LogP contribution is 2.31. The molecular weight excluding hydrogens is 349 g/mol. The van der Waals surface area contributed by atoms with Gasteiger partial charge in [0.25, 0.3) is 0 Å². The van der Waals surface area contributed by atoms with Crippen molar-refractivity contribution in [1.82, 2.24) is 30.0 Å². The quantitative estimate of drug-likeness (QED) is 0.899. The van der Waals surface area contributed by atoms with E-state index in [2.05, 4.69) is 25.5 Å². The third-order valence-electron chi connectivity index (χ3n) is 3.73. The van der Waals surface area contributed by atoms with Gasteiger partial charge in [-0.3, -0.25) is 9.78 Å². The van der Waals surface area contributed by atoms with Crippen LogP contribution < -0.4 is 5.32 Å². The number of amides is 1. The van der Waals surface area contributed by atoms with Gasteiger partial charge in [0.05, 0.1) is 12.2 Å². The van der Waals surface area contributed by atoms with Gasteiger partial charge in [0.2, 0.25) is 11.7 Å². The fourth-order valence-corrected chi connectivity index (χ4v) is 2.72. The highest BCUT2D eigenvalue weighted by atomic mass is 35.5. The number of fused-ring (bicyclic) bond motifs is 1. The Morgan fingerprint density at radius 3 is 2.79 bits per heavy atom. The van der Waals surface area contributed by atoms with E-state index in [0.717, 1.165) is 4.57 Å². The Morgan fingerprint density at radius 2 is 2.08 bits per heavy atom. The summed E-state index contributed by atoms with van der Waals surface area (Å²) in [6.07, 6.45) is -1.30. The summed E-state index contributed by atoms with van der Waals surface area (Å²) in [5.41, 5.74) is 0.422. The van der Waals surface area contributed by atoms with Crippen LogP contribution in [0.3, 0.4) is 0 Å². The van der Waals surface area contributed by atoms with Crippen molar-refractivity contribution in [2.24, 2.45) is 5.92 Å². The minimum atomic E-state index is -4.55. The average molecular weight is 361 g/mol. The van der Waals surface area contributed by atoms with Crippen molar-refractivity contribution < 1.29 is 18.0 Å². The molecule has 0 radical (unpaired) electrons. The summed E-state index contributed by atoms with van der Waals surface area (Å²) in [4.78, 5) is 20.1. The van der Waals surface area contributed by atoms with E-state index in [1.54, 1.807) is 0 Å². The third kappa shape index (κ3) is 3.32. The fraction of sp³-hybridized carbons (Fsp3) is 0.462. The van der Waals surface area contributed by atoms with E-state index >= 15 is 0 Å². The molecule has 0 aliphatic carbocycles. The van der Waals surface area contributed by atoms with Crippen molar-refractivity contribution >= 4 is 17.5 Å². The summed E-state index contributed by atoms with van der Waals surface area (Å²) < 4.78 is 39.4. The molecule has 0 aromatic carbocycles. The zero-order chi connectivity index (χ0) is 17.3. The molecule has 1 atom stereocenters. The summed E-state index contributed by atoms with van der Waals surface area (Å²) in [6.45, 7) is 0.143. The number of nitrogens with zero attached hydrogens (tertiary/aromatic N) is 5. The van der Waals surface area contributed by atoms with Gasteiger partial charge < -0.3 is 9.88 Å². The maximum atomic E-state index is 12.8. The van der Waals surface area contributed by atoms with Gasteiger partial charge in [-0.2, -0.15) is 13.2 Å². The smallest absolute Gasteiger partial charge is 0.350 e. The number of rotatable bonds is 3. The average Bonchev–Trinajstić information content (AvgIpc) is 2.97. The van der Waals surface area contributed by atoms with Crippen LogP contribution in [0.4, 0.5) is 13.2 Å². The molecule has 11 heteroatoms. The summed E-state index contributed by atoms with van der Waals surface area (Å²) in [7, 11) is 0. The first-order valence-corrected chi connectivity index (χ1v) is 7.46. The van der Waals surface area contributed by atoms with Crippen LogP contribution in [0.15, 0.2) is 12.4 Å². The number of hydrogen-bond donors (Lipinski definition) is 1. The summed E-state index contributed by atoms with van der Waals surface area (Å²) in [5.74, 6) is -1.63. The first-order valence-electron chi connectivity index (χ1n) is 7.08. The maximum Gasteiger partial charge on any atom is 0.451 e. The normalized spacial score (nSPS) is 17.4. The van der Waals surface area contributed by atoms with Gasteiger partial charge in [0, 0.05) is 31.3 Å². The minimum absolute atomic E-state index is 0.0428. The van der Waals surface area contributed by atoms with Crippen LogP contribution in [0.5, 0.6) is 0 Å². The SMILES string of the molecule is O=C(NCc1nccnc1Cl)C1CCn2c(nnc2C(F)(F)F)C1. The molecule has 128 valence electrons. The second-order valence-electron chi connectivity index (χ2n) is 5.29. The van der Waals surface area contributed by atoms with E-state index in [4.69, 9.17) is 11.6 Å². The largest absolute Gasteiger partial charge is 0.451 e. The molecule has 0 fully saturated rings. The molecule has 2 aromatic heterocycles. The molecule has 1 amide bonds. The maximum absolute atomic E-state index is 12.8. The number of carbonyl (C=O) groups is 1. The van der Waals surface area contributed by atoms with E-state index in [0.29, 0.717) is 5.69 Å². The van der Waals surface area contributed by atoms with Gasteiger partial charge in [-0.15, -0.1) is 10.2 Å². The zero-order valence-corrected chi connectivity index (χ0v) is 13.0. The molecule has 0 saturated heterocycles. The predicted molar refractivity (Wildman–Crippen MR) is 75.7 cm³/mol. The fourth-order valence-electron chi connectivity index (χ4n) is 2.55. The first-order chi connectivity index (χ1) is 11.4. The summed E-state index contributed by atoms with van der Waals surface area (Å²) >= 11 is 5.85. The highest BCUT2D eigenvalue weighted by Gasteiger charge is 2.40. The number of alkyl halides is 3. The molecule has 1 aliphatic heterocycles. The standard InChI is InChI=1S/C13H12ClF3N6O/c14-10-8(18-2-3-19-10)6-20-11(24)7-1-4-23-9(5-7)21-22-12(23)13(15,16)17/h2-3,7H,1,4-6H2,(H,20,24). The van der Waals surface area contributed by atoms with Crippen LogP contribution >= 0.6 is 11.6 Å². The Labute approximate surface area is 139 Å². The monoisotopic (exact) mass is 360 g/mol. The van der Waals surface area contributed by atoms with E-state index < -0.39 is 17.9 Å². The molecular formula is C13H12ClF3N6O. The van der Waals surface area contributed by atoms with Gasteiger partial charge in [0.1, 0.15) is 5.82 Å². The second-order valence-corrected chi connectivity index (χ2v) is 5.65. The number of halogens is 4. The lowest BCUT2D eigenvalue weighted by molar-refractivity contribution is -0.147. The third-order valence-corrected chi connectivity index (χ3v) is 4.05. The molecule has 0 saturated carbocycles. The van der Waals surface area contributed by atoms with Crippen LogP contribution in [-0.4, -0.2) is 30.6 Å². The molecule has 3 rings (SSSR count). The van der Waals surface area contributed by atoms with Crippen LogP contribution in [0.2, 0.25) is 5.15 Å². The molecule has 1 N–H and O–H groups in total. The number of nitrogens with one attached hydrogen (secondary N) is 1. The second kappa shape index (κ2) is 6.34. The number of carbonyl (C=O) groups excluding carboxylic acids is 1. The van der Waals surface area contributed by atoms with Crippen LogP contribution in [0, 0.1) is 5.92 Å². The predicted octanol–water partition coefficient (Wildman–Crippen LogP) is 1.62. The van der Waals surface area contributed by atoms with Crippen molar-refractivity contribution in [1.29, 1.82) is 0 Å². The lowest BCUT2D eigenvalue weighted by atomic mass is 9.96. The minimum Gasteiger partial charge on any atom is -0.350 e. The topological polar surface area (TPSA) is 85.6 Å². The van der Waals surface area contributed by atoms with Crippen molar-refractivity contribution in [2.45, 2.75) is 32.1 Å².